The molecule has 136 valence electrons. The summed E-state index contributed by atoms with van der Waals surface area (Å²) >= 11 is 0. The second kappa shape index (κ2) is 8.50. The van der Waals surface area contributed by atoms with Crippen molar-refractivity contribution in [2.45, 2.75) is 106 Å². The van der Waals surface area contributed by atoms with Gasteiger partial charge in [-0.15, -0.1) is 0 Å². The van der Waals surface area contributed by atoms with Crippen LogP contribution in [0.15, 0.2) is 0 Å². The van der Waals surface area contributed by atoms with Gasteiger partial charge in [0.15, 0.2) is 0 Å². The molecule has 1 rings (SSSR count). The van der Waals surface area contributed by atoms with Crippen molar-refractivity contribution in [3.05, 3.63) is 0 Å². The van der Waals surface area contributed by atoms with Gasteiger partial charge in [0.25, 0.3) is 0 Å². The minimum atomic E-state index is -0.469. The molecule has 3 nitrogen and oxygen atoms in total. The van der Waals surface area contributed by atoms with Crippen LogP contribution in [0.5, 0.6) is 0 Å². The maximum atomic E-state index is 12.9. The zero-order valence-electron chi connectivity index (χ0n) is 16.4. The van der Waals surface area contributed by atoms with E-state index in [0.717, 1.165) is 32.1 Å². The molecule has 2 unspecified atom stereocenters. The Balaban J connectivity index is 2.76. The van der Waals surface area contributed by atoms with Crippen LogP contribution in [0.4, 0.5) is 0 Å². The summed E-state index contributed by atoms with van der Waals surface area (Å²) in [5.74, 6) is 0.141. The first-order valence-corrected chi connectivity index (χ1v) is 9.45. The smallest absolute Gasteiger partial charge is 0.314 e. The zero-order valence-corrected chi connectivity index (χ0v) is 16.4. The molecule has 1 saturated carbocycles. The van der Waals surface area contributed by atoms with E-state index in [9.17, 15) is 4.79 Å². The van der Waals surface area contributed by atoms with Crippen molar-refractivity contribution in [2.75, 3.05) is 0 Å². The Kier molecular flexibility index (Phi) is 7.57. The van der Waals surface area contributed by atoms with E-state index < -0.39 is 5.41 Å². The van der Waals surface area contributed by atoms with Crippen molar-refractivity contribution in [3.8, 4) is 0 Å². The van der Waals surface area contributed by atoms with Crippen LogP contribution in [0, 0.1) is 16.7 Å². The fraction of sp³-hybridized carbons (Fsp3) is 0.950. The predicted molar refractivity (Wildman–Crippen MR) is 95.1 cm³/mol. The van der Waals surface area contributed by atoms with Crippen molar-refractivity contribution in [1.82, 2.24) is 0 Å². The van der Waals surface area contributed by atoms with Crippen LogP contribution in [0.2, 0.25) is 0 Å². The number of rotatable bonds is 8. The molecule has 0 spiro atoms. The summed E-state index contributed by atoms with van der Waals surface area (Å²) in [6.45, 7) is 14.9. The molecule has 0 aromatic carbocycles. The summed E-state index contributed by atoms with van der Waals surface area (Å²) in [6, 6.07) is 0. The average molecular weight is 327 g/mol. The summed E-state index contributed by atoms with van der Waals surface area (Å²) in [7, 11) is 0. The molecular weight excluding hydrogens is 288 g/mol. The Morgan fingerprint density at radius 2 is 1.70 bits per heavy atom. The number of carbonyl (C=O) groups is 1. The highest BCUT2D eigenvalue weighted by atomic mass is 16.7. The number of carbonyl (C=O) groups excluding carboxylic acids is 1. The monoisotopic (exact) mass is 326 g/mol. The molecule has 0 radical (unpaired) electrons. The van der Waals surface area contributed by atoms with Crippen LogP contribution >= 0.6 is 0 Å². The third-order valence-electron chi connectivity index (χ3n) is 5.05. The summed E-state index contributed by atoms with van der Waals surface area (Å²) in [5, 5.41) is 0. The zero-order chi connectivity index (χ0) is 17.7. The van der Waals surface area contributed by atoms with Crippen LogP contribution in [0.25, 0.3) is 0 Å². The van der Waals surface area contributed by atoms with Crippen molar-refractivity contribution in [3.63, 3.8) is 0 Å². The van der Waals surface area contributed by atoms with Crippen molar-refractivity contribution in [1.29, 1.82) is 0 Å². The highest BCUT2D eigenvalue weighted by Crippen LogP contribution is 2.41. The van der Waals surface area contributed by atoms with E-state index in [-0.39, 0.29) is 29.7 Å². The minimum Gasteiger partial charge on any atom is -0.435 e. The normalized spacial score (nSPS) is 20.5. The minimum absolute atomic E-state index is 0.0879. The van der Waals surface area contributed by atoms with Gasteiger partial charge in [0.1, 0.15) is 0 Å². The fourth-order valence-electron chi connectivity index (χ4n) is 3.50. The first-order valence-electron chi connectivity index (χ1n) is 9.45. The molecule has 0 N–H and O–H groups in total. The van der Waals surface area contributed by atoms with Crippen LogP contribution in [0.3, 0.4) is 0 Å². The van der Waals surface area contributed by atoms with Gasteiger partial charge in [0, 0.05) is 6.42 Å². The molecule has 1 aliphatic rings. The van der Waals surface area contributed by atoms with Gasteiger partial charge in [-0.05, 0) is 37.5 Å². The van der Waals surface area contributed by atoms with Gasteiger partial charge in [-0.3, -0.25) is 4.79 Å². The van der Waals surface area contributed by atoms with E-state index in [4.69, 9.17) is 9.47 Å². The molecule has 0 heterocycles. The summed E-state index contributed by atoms with van der Waals surface area (Å²) in [5.41, 5.74) is -0.381. The standard InChI is InChI=1S/C20H38O3/c1-8-11-17(22-16-12-9-10-13-16)23-18(21)20(7,15(2)3)14-19(4,5)6/h15-17H,8-14H2,1-7H3. The number of hydrogen-bond donors (Lipinski definition) is 0. The lowest BCUT2D eigenvalue weighted by Gasteiger charge is -2.38. The van der Waals surface area contributed by atoms with E-state index in [1.807, 2.05) is 6.92 Å². The Bertz CT molecular complexity index is 364. The quantitative estimate of drug-likeness (QED) is 0.423. The van der Waals surface area contributed by atoms with Crippen LogP contribution in [-0.2, 0) is 14.3 Å². The molecule has 0 aromatic heterocycles. The first kappa shape index (κ1) is 20.5. The maximum Gasteiger partial charge on any atom is 0.314 e. The van der Waals surface area contributed by atoms with Gasteiger partial charge in [-0.2, -0.15) is 0 Å². The van der Waals surface area contributed by atoms with Gasteiger partial charge in [-0.1, -0.05) is 60.8 Å². The molecule has 0 aliphatic heterocycles. The van der Waals surface area contributed by atoms with Gasteiger partial charge in [0.2, 0.25) is 6.29 Å². The van der Waals surface area contributed by atoms with E-state index in [2.05, 4.69) is 41.5 Å². The predicted octanol–water partition coefficient (Wildman–Crippen LogP) is 5.71. The van der Waals surface area contributed by atoms with Crippen LogP contribution in [0.1, 0.15) is 93.4 Å². The fourth-order valence-corrected chi connectivity index (χ4v) is 3.50. The average Bonchev–Trinajstić information content (AvgIpc) is 2.89. The highest BCUT2D eigenvalue weighted by molar-refractivity contribution is 5.76. The number of esters is 1. The second-order valence-electron chi connectivity index (χ2n) is 8.98. The van der Waals surface area contributed by atoms with E-state index in [1.54, 1.807) is 0 Å². The highest BCUT2D eigenvalue weighted by Gasteiger charge is 2.42. The lowest BCUT2D eigenvalue weighted by Crippen LogP contribution is -2.41. The molecule has 1 fully saturated rings. The molecule has 23 heavy (non-hydrogen) atoms. The number of hydrogen-bond acceptors (Lipinski definition) is 3. The van der Waals surface area contributed by atoms with Gasteiger partial charge in [0.05, 0.1) is 11.5 Å². The third kappa shape index (κ3) is 6.45. The molecule has 0 bridgehead atoms. The second-order valence-corrected chi connectivity index (χ2v) is 8.98. The number of ether oxygens (including phenoxy) is 2. The molecule has 0 aromatic rings. The molecule has 0 saturated heterocycles. The van der Waals surface area contributed by atoms with Crippen LogP contribution in [-0.4, -0.2) is 18.4 Å². The Hall–Kier alpha value is -0.570. The first-order chi connectivity index (χ1) is 10.6. The van der Waals surface area contributed by atoms with Crippen molar-refractivity contribution >= 4 is 5.97 Å². The molecule has 0 amide bonds. The lowest BCUT2D eigenvalue weighted by atomic mass is 9.69. The summed E-state index contributed by atoms with van der Waals surface area (Å²) in [6.07, 6.45) is 7.10. The van der Waals surface area contributed by atoms with Crippen molar-refractivity contribution < 1.29 is 14.3 Å². The lowest BCUT2D eigenvalue weighted by molar-refractivity contribution is -0.204. The molecule has 1 aliphatic carbocycles. The molecule has 3 heteroatoms. The van der Waals surface area contributed by atoms with Gasteiger partial charge < -0.3 is 9.47 Å². The molecular formula is C20H38O3. The Morgan fingerprint density at radius 1 is 1.13 bits per heavy atom. The van der Waals surface area contributed by atoms with Crippen LogP contribution < -0.4 is 0 Å². The third-order valence-corrected chi connectivity index (χ3v) is 5.05. The van der Waals surface area contributed by atoms with Gasteiger partial charge >= 0.3 is 5.97 Å². The largest absolute Gasteiger partial charge is 0.435 e. The Morgan fingerprint density at radius 3 is 2.13 bits per heavy atom. The molecule has 2 atom stereocenters. The maximum absolute atomic E-state index is 12.9. The van der Waals surface area contributed by atoms with E-state index >= 15 is 0 Å². The van der Waals surface area contributed by atoms with Crippen molar-refractivity contribution in [2.24, 2.45) is 16.7 Å². The SMILES string of the molecule is CCCC(OC(=O)C(C)(CC(C)(C)C)C(C)C)OC1CCCC1. The van der Waals surface area contributed by atoms with Gasteiger partial charge in [-0.25, -0.2) is 0 Å². The topological polar surface area (TPSA) is 35.5 Å². The van der Waals surface area contributed by atoms with E-state index in [1.165, 1.54) is 12.8 Å². The summed E-state index contributed by atoms with van der Waals surface area (Å²) in [4.78, 5) is 12.9. The van der Waals surface area contributed by atoms with E-state index in [0.29, 0.717) is 0 Å². The Labute approximate surface area is 143 Å². The summed E-state index contributed by atoms with van der Waals surface area (Å²) < 4.78 is 11.9.